The Balaban J connectivity index is 2.01. The summed E-state index contributed by atoms with van der Waals surface area (Å²) in [6.07, 6.45) is 0. The minimum atomic E-state index is -0.156. The van der Waals surface area contributed by atoms with Crippen molar-refractivity contribution in [2.45, 2.75) is 6.54 Å². The van der Waals surface area contributed by atoms with E-state index in [9.17, 15) is 4.79 Å². The van der Waals surface area contributed by atoms with Crippen molar-refractivity contribution in [1.82, 2.24) is 0 Å². The fourth-order valence-electron chi connectivity index (χ4n) is 2.35. The van der Waals surface area contributed by atoms with Gasteiger partial charge in [-0.1, -0.05) is 45.2 Å². The first kappa shape index (κ1) is 19.1. The molecule has 0 bridgehead atoms. The number of halogens is 3. The van der Waals surface area contributed by atoms with Gasteiger partial charge < -0.3 is 15.0 Å². The van der Waals surface area contributed by atoms with Gasteiger partial charge in [0.15, 0.2) is 6.54 Å². The van der Waals surface area contributed by atoms with Gasteiger partial charge in [0.1, 0.15) is 12.3 Å². The van der Waals surface area contributed by atoms with Crippen molar-refractivity contribution in [3.8, 4) is 5.75 Å². The summed E-state index contributed by atoms with van der Waals surface area (Å²) in [7, 11) is 3.57. The van der Waals surface area contributed by atoms with Crippen LogP contribution in [0.5, 0.6) is 5.75 Å². The maximum absolute atomic E-state index is 12.2. The average Bonchev–Trinajstić information content (AvgIpc) is 2.51. The number of hydrogen-bond donors (Lipinski definition) is 2. The minimum absolute atomic E-state index is 0.156. The molecule has 2 aromatic rings. The largest absolute Gasteiger partial charge is 0.496 e. The molecular formula is C17H18BrCl2N2O2+. The van der Waals surface area contributed by atoms with E-state index in [1.54, 1.807) is 25.3 Å². The third-order valence-corrected chi connectivity index (χ3v) is 4.55. The highest BCUT2D eigenvalue weighted by molar-refractivity contribution is 9.10. The zero-order valence-electron chi connectivity index (χ0n) is 13.3. The number of carbonyl (C=O) groups excluding carboxylic acids is 1. The molecule has 0 aliphatic carbocycles. The smallest absolute Gasteiger partial charge is 0.279 e. The monoisotopic (exact) mass is 431 g/mol. The lowest BCUT2D eigenvalue weighted by molar-refractivity contribution is -0.885. The van der Waals surface area contributed by atoms with Crippen LogP contribution < -0.4 is 15.0 Å². The number of nitrogens with one attached hydrogen (secondary N) is 2. The van der Waals surface area contributed by atoms with Gasteiger partial charge in [-0.25, -0.2) is 0 Å². The van der Waals surface area contributed by atoms with Crippen LogP contribution in [0.2, 0.25) is 10.0 Å². The Labute approximate surface area is 159 Å². The van der Waals surface area contributed by atoms with E-state index in [0.29, 0.717) is 22.3 Å². The first-order chi connectivity index (χ1) is 11.4. The molecule has 0 saturated carbocycles. The van der Waals surface area contributed by atoms with E-state index in [-0.39, 0.29) is 12.5 Å². The number of likely N-dealkylation sites (N-methyl/N-ethyl adjacent to an activating group) is 1. The average molecular weight is 433 g/mol. The summed E-state index contributed by atoms with van der Waals surface area (Å²) < 4.78 is 6.33. The van der Waals surface area contributed by atoms with Crippen molar-refractivity contribution in [1.29, 1.82) is 0 Å². The number of quaternary nitrogens is 1. The third-order valence-electron chi connectivity index (χ3n) is 3.42. The van der Waals surface area contributed by atoms with Crippen molar-refractivity contribution in [3.05, 3.63) is 56.5 Å². The number of rotatable bonds is 6. The Morgan fingerprint density at radius 1 is 1.25 bits per heavy atom. The van der Waals surface area contributed by atoms with Crippen molar-refractivity contribution < 1.29 is 14.4 Å². The molecular weight excluding hydrogens is 415 g/mol. The highest BCUT2D eigenvalue weighted by Crippen LogP contribution is 2.29. The van der Waals surface area contributed by atoms with Crippen molar-refractivity contribution in [2.24, 2.45) is 0 Å². The van der Waals surface area contributed by atoms with E-state index in [4.69, 9.17) is 27.9 Å². The summed E-state index contributed by atoms with van der Waals surface area (Å²) in [6.45, 7) is 0.920. The van der Waals surface area contributed by atoms with Gasteiger partial charge in [-0.2, -0.15) is 0 Å². The van der Waals surface area contributed by atoms with Gasteiger partial charge in [-0.15, -0.1) is 0 Å². The number of anilines is 1. The molecule has 1 atom stereocenters. The van der Waals surface area contributed by atoms with Gasteiger partial charge in [0.05, 0.1) is 29.9 Å². The molecule has 2 rings (SSSR count). The molecule has 0 aromatic heterocycles. The van der Waals surface area contributed by atoms with E-state index in [2.05, 4.69) is 21.2 Å². The van der Waals surface area contributed by atoms with Crippen LogP contribution in [0.1, 0.15) is 5.56 Å². The van der Waals surface area contributed by atoms with Gasteiger partial charge in [-0.3, -0.25) is 4.79 Å². The molecule has 2 N–H and O–H groups in total. The fourth-order valence-corrected chi connectivity index (χ4v) is 3.25. The lowest BCUT2D eigenvalue weighted by Gasteiger charge is -2.16. The van der Waals surface area contributed by atoms with E-state index < -0.39 is 0 Å². The second-order valence-corrected chi connectivity index (χ2v) is 7.14. The van der Waals surface area contributed by atoms with Gasteiger partial charge >= 0.3 is 0 Å². The number of carbonyl (C=O) groups is 1. The predicted molar refractivity (Wildman–Crippen MR) is 101 cm³/mol. The van der Waals surface area contributed by atoms with Crippen molar-refractivity contribution >= 4 is 50.7 Å². The number of methoxy groups -OCH3 is 1. The molecule has 4 nitrogen and oxygen atoms in total. The van der Waals surface area contributed by atoms with Crippen LogP contribution in [0.4, 0.5) is 5.69 Å². The second-order valence-electron chi connectivity index (χ2n) is 5.41. The van der Waals surface area contributed by atoms with Crippen LogP contribution >= 0.6 is 39.1 Å². The summed E-state index contributed by atoms with van der Waals surface area (Å²) in [4.78, 5) is 13.3. The number of hydrogen-bond acceptors (Lipinski definition) is 2. The number of amides is 1. The molecule has 1 unspecified atom stereocenters. The molecule has 0 spiro atoms. The molecule has 7 heteroatoms. The number of para-hydroxylation sites is 1. The second kappa shape index (κ2) is 8.72. The van der Waals surface area contributed by atoms with E-state index in [1.807, 2.05) is 25.2 Å². The molecule has 0 saturated heterocycles. The van der Waals surface area contributed by atoms with E-state index in [1.165, 1.54) is 0 Å². The summed E-state index contributed by atoms with van der Waals surface area (Å²) in [5.41, 5.74) is 1.46. The number of ether oxygens (including phenoxy) is 1. The van der Waals surface area contributed by atoms with Crippen molar-refractivity contribution in [3.63, 3.8) is 0 Å². The Hall–Kier alpha value is -1.27. The van der Waals surface area contributed by atoms with Gasteiger partial charge in [0.25, 0.3) is 5.91 Å². The Kier molecular flexibility index (Phi) is 6.92. The molecule has 24 heavy (non-hydrogen) atoms. The fraction of sp³-hybridized carbons (Fsp3) is 0.235. The molecule has 0 aliphatic rings. The quantitative estimate of drug-likeness (QED) is 0.734. The standard InChI is InChI=1S/C17H17BrCl2N2O2/c1-22(9-11-8-12(18)6-7-15(11)24-2)10-16(23)21-17-13(19)4-3-5-14(17)20/h3-8H,9-10H2,1-2H3,(H,21,23)/p+1. The molecule has 1 amide bonds. The Morgan fingerprint density at radius 2 is 1.92 bits per heavy atom. The maximum atomic E-state index is 12.2. The lowest BCUT2D eigenvalue weighted by Crippen LogP contribution is -3.08. The van der Waals surface area contributed by atoms with Crippen LogP contribution in [0.25, 0.3) is 0 Å². The molecule has 0 aliphatic heterocycles. The van der Waals surface area contributed by atoms with Gasteiger partial charge in [0.2, 0.25) is 0 Å². The summed E-state index contributed by atoms with van der Waals surface area (Å²) >= 11 is 15.6. The SMILES string of the molecule is COc1ccc(Br)cc1C[NH+](C)CC(=O)Nc1c(Cl)cccc1Cl. The first-order valence-electron chi connectivity index (χ1n) is 7.28. The minimum Gasteiger partial charge on any atom is -0.496 e. The maximum Gasteiger partial charge on any atom is 0.279 e. The molecule has 0 heterocycles. The molecule has 0 radical (unpaired) electrons. The summed E-state index contributed by atoms with van der Waals surface area (Å²) in [5.74, 6) is 0.642. The predicted octanol–water partition coefficient (Wildman–Crippen LogP) is 3.42. The number of benzene rings is 2. The Morgan fingerprint density at radius 3 is 2.54 bits per heavy atom. The van der Waals surface area contributed by atoms with E-state index in [0.717, 1.165) is 20.7 Å². The zero-order valence-corrected chi connectivity index (χ0v) is 16.4. The van der Waals surface area contributed by atoms with Gasteiger partial charge in [0, 0.05) is 10.0 Å². The van der Waals surface area contributed by atoms with Crippen LogP contribution in [-0.4, -0.2) is 26.6 Å². The summed E-state index contributed by atoms with van der Waals surface area (Å²) in [5, 5.41) is 3.61. The topological polar surface area (TPSA) is 42.8 Å². The van der Waals surface area contributed by atoms with Gasteiger partial charge in [-0.05, 0) is 30.3 Å². The van der Waals surface area contributed by atoms with Crippen LogP contribution in [0, 0.1) is 0 Å². The lowest BCUT2D eigenvalue weighted by atomic mass is 10.2. The highest BCUT2D eigenvalue weighted by Gasteiger charge is 2.16. The normalized spacial score (nSPS) is 11.9. The van der Waals surface area contributed by atoms with Crippen LogP contribution in [0.3, 0.4) is 0 Å². The van der Waals surface area contributed by atoms with Crippen LogP contribution in [-0.2, 0) is 11.3 Å². The molecule has 2 aromatic carbocycles. The summed E-state index contributed by atoms with van der Waals surface area (Å²) in [6, 6.07) is 10.9. The van der Waals surface area contributed by atoms with Crippen LogP contribution in [0.15, 0.2) is 40.9 Å². The zero-order chi connectivity index (χ0) is 17.7. The highest BCUT2D eigenvalue weighted by atomic mass is 79.9. The Bertz CT molecular complexity index is 720. The molecule has 128 valence electrons. The first-order valence-corrected chi connectivity index (χ1v) is 8.83. The molecule has 0 fully saturated rings. The third kappa shape index (κ3) is 5.11. The van der Waals surface area contributed by atoms with Crippen molar-refractivity contribution in [2.75, 3.05) is 26.0 Å². The van der Waals surface area contributed by atoms with E-state index >= 15 is 0 Å².